The highest BCUT2D eigenvalue weighted by Crippen LogP contribution is 2.47. The summed E-state index contributed by atoms with van der Waals surface area (Å²) >= 11 is 0. The van der Waals surface area contributed by atoms with Gasteiger partial charge in [-0.15, -0.1) is 12.4 Å². The second-order valence-electron chi connectivity index (χ2n) is 39.8. The summed E-state index contributed by atoms with van der Waals surface area (Å²) in [7, 11) is 14.5. The van der Waals surface area contributed by atoms with E-state index >= 15 is 0 Å². The zero-order chi connectivity index (χ0) is 99.0. The molecule has 5 aromatic heterocycles. The Bertz CT molecular complexity index is 7110. The van der Waals surface area contributed by atoms with Gasteiger partial charge in [-0.1, -0.05) is 89.1 Å². The normalized spacial score (nSPS) is 13.8. The molecule has 19 rings (SSSR count). The van der Waals surface area contributed by atoms with E-state index in [1.165, 1.54) is 112 Å². The van der Waals surface area contributed by atoms with Crippen LogP contribution in [0.1, 0.15) is 267 Å². The number of ketones is 8. The number of phenolic OH excluding ortho intramolecular Hbond substituents is 3. The van der Waals surface area contributed by atoms with E-state index in [1.807, 2.05) is 101 Å². The molecule has 3 N–H and O–H groups in total. The van der Waals surface area contributed by atoms with Gasteiger partial charge in [0.05, 0.1) is 33.2 Å². The molecular weight excluding hydrogens is 1790 g/mol. The van der Waals surface area contributed by atoms with E-state index in [1.54, 1.807) is 44.2 Å². The average molecular weight is 1940 g/mol. The Kier molecular flexibility index (Phi) is 35.8. The van der Waals surface area contributed by atoms with Crippen LogP contribution >= 0.6 is 12.4 Å². The Morgan fingerprint density at radius 2 is 0.690 bits per heavy atom. The number of fused-ring (bicyclic) bond motifs is 21. The van der Waals surface area contributed by atoms with Gasteiger partial charge in [0.1, 0.15) is 17.2 Å². The lowest BCUT2D eigenvalue weighted by molar-refractivity contribution is 0.0932. The number of aryl methyl sites for hydroxylation is 7. The van der Waals surface area contributed by atoms with Gasteiger partial charge in [0.15, 0.2) is 46.3 Å². The number of aromatic hydroxyl groups is 3. The average Bonchev–Trinajstić information content (AvgIpc) is 1.56. The summed E-state index contributed by atoms with van der Waals surface area (Å²) in [6.45, 7) is 39.8. The fourth-order valence-corrected chi connectivity index (χ4v) is 21.5. The Labute approximate surface area is 844 Å². The van der Waals surface area contributed by atoms with Gasteiger partial charge in [0.25, 0.3) is 0 Å². The molecule has 4 aliphatic rings. The van der Waals surface area contributed by atoms with Gasteiger partial charge in [-0.25, -0.2) is 0 Å². The summed E-state index contributed by atoms with van der Waals surface area (Å²) in [5.74, 6) is 0.00152. The number of Topliss-reactive ketones (excluding diaryl/α,β-unsaturated/α-hetero) is 8. The lowest BCUT2D eigenvalue weighted by Crippen LogP contribution is -2.26. The van der Waals surface area contributed by atoms with Crippen molar-refractivity contribution >= 4 is 179 Å². The molecule has 1 aliphatic heterocycles. The molecule has 752 valence electrons. The van der Waals surface area contributed by atoms with Crippen molar-refractivity contribution in [2.45, 2.75) is 214 Å². The summed E-state index contributed by atoms with van der Waals surface area (Å²) in [6.07, 6.45) is 12.2. The van der Waals surface area contributed by atoms with Crippen molar-refractivity contribution in [3.63, 3.8) is 0 Å². The van der Waals surface area contributed by atoms with E-state index in [-0.39, 0.29) is 115 Å². The lowest BCUT2D eigenvalue weighted by atomic mass is 9.97. The van der Waals surface area contributed by atoms with Crippen molar-refractivity contribution in [2.75, 3.05) is 95.1 Å². The molecule has 3 aliphatic carbocycles. The van der Waals surface area contributed by atoms with Crippen molar-refractivity contribution in [2.24, 2.45) is 11.8 Å². The van der Waals surface area contributed by atoms with Crippen LogP contribution in [-0.4, -0.2) is 210 Å². The monoisotopic (exact) mass is 1940 g/mol. The van der Waals surface area contributed by atoms with Crippen molar-refractivity contribution in [1.29, 1.82) is 0 Å². The molecule has 21 nitrogen and oxygen atoms in total. The fraction of sp³-hybridized carbons (Fsp3) is 0.400. The molecule has 22 heteroatoms. The van der Waals surface area contributed by atoms with E-state index in [0.717, 1.165) is 216 Å². The number of hydrogen-bond donors (Lipinski definition) is 3. The number of carbonyl (C=O) groups excluding carboxylic acids is 8. The summed E-state index contributed by atoms with van der Waals surface area (Å²) in [5, 5.41) is 41.8. The van der Waals surface area contributed by atoms with Crippen LogP contribution in [0.25, 0.3) is 120 Å². The second kappa shape index (κ2) is 46.3. The molecule has 1 unspecified atom stereocenters. The van der Waals surface area contributed by atoms with E-state index in [0.29, 0.717) is 41.5 Å². The maximum atomic E-state index is 12.6. The summed E-state index contributed by atoms with van der Waals surface area (Å²) in [4.78, 5) is 108. The molecule has 0 amide bonds. The number of likely N-dealkylation sites (N-methyl/N-ethyl adjacent to an activating group) is 1. The number of nitrogens with zero attached hydrogens (tertiary/aromatic N) is 10. The number of benzene rings is 10. The molecule has 10 aromatic carbocycles. The highest BCUT2D eigenvalue weighted by Gasteiger charge is 2.32. The molecule has 0 saturated carbocycles. The van der Waals surface area contributed by atoms with Crippen LogP contribution in [0.2, 0.25) is 0 Å². The highest BCUT2D eigenvalue weighted by molar-refractivity contribution is 6.20. The third-order valence-corrected chi connectivity index (χ3v) is 28.9. The zero-order valence-corrected chi connectivity index (χ0v) is 85.3. The van der Waals surface area contributed by atoms with Gasteiger partial charge in [-0.05, 0) is 348 Å². The largest absolute Gasteiger partial charge is 0.507 e. The number of aromatic nitrogens is 5. The number of hydrogen-bond acceptors (Lipinski definition) is 16. The van der Waals surface area contributed by atoms with Gasteiger partial charge in [-0.3, -0.25) is 38.4 Å². The summed E-state index contributed by atoms with van der Waals surface area (Å²) < 4.78 is 11.5. The first-order valence-electron chi connectivity index (χ1n) is 49.3. The molecule has 0 radical (unpaired) electrons. The predicted octanol–water partition coefficient (Wildman–Crippen LogP) is 25.8. The standard InChI is InChI=1S/C25H32N2O2.C25H28N2O.2C23H26N2O2.C21H24N2O4.3CH4.ClH/c1-16(2)24(28)18-8-10-22-20(14-18)21-15-19(25(29)17(3)4)9-11-23(21)27(22)13-7-12-26(5)6;1-4-26(5-2)14-15-27-21-11-8-17-16(3)6-7-19(17)24(21)25-20-10-13-23(28)18(20)9-12-22(25)27;1-14-6-7-17-16(14)8-9-20-23(17)19-12-18(15(2)26)22(27)13-21(19)25(20)11-5-10-24(3)4;1-15(26)17-6-8-22-20(13-17)21-14-18(16(2)27)7-9-23(21)25(22)12-10-19-5-4-11-24(19)3;1-12(24)14-8-16-17-9-15(13(2)25)21(27)11-19(17)23(7-5-6-22(3)4)18(16)10-20(14)26;;;;/h8-11,14-17H,7,12-13H2,1-6H3;8-9,11-12H,3-7,10,13-15H2,1-2H3;8-9,12-13,27H,1,5-7,10-11H2,2-4H3;6-9,13-14,19H,4-5,10-12H2,1-3H3;8-11,26-27H,5-7H2,1-4H3;3*1H4;1H. The van der Waals surface area contributed by atoms with Crippen LogP contribution in [0.4, 0.5) is 0 Å². The topological polar surface area (TPSA) is 238 Å². The number of halogens is 1. The first-order chi connectivity index (χ1) is 65.9. The van der Waals surface area contributed by atoms with Crippen LogP contribution in [0.3, 0.4) is 0 Å². The van der Waals surface area contributed by atoms with Crippen LogP contribution in [-0.2, 0) is 52.0 Å². The van der Waals surface area contributed by atoms with Gasteiger partial charge in [-0.2, -0.15) is 0 Å². The minimum atomic E-state index is -0.228. The third kappa shape index (κ3) is 22.2. The Morgan fingerprint density at radius 1 is 0.373 bits per heavy atom. The summed E-state index contributed by atoms with van der Waals surface area (Å²) in [5.41, 5.74) is 24.6. The Morgan fingerprint density at radius 3 is 1.06 bits per heavy atom. The SMILES string of the molecule is C.C.C.C=C1CCc2c1ccc1c2c2c3c(ccc2n1CCN(CC)CC)C(=O)CC3.C=C1CCc2c1ccc1c2c2cc(C(C)=O)c(O)cc2n1CCCN(C)C.CC(=O)c1cc2c3cc(C(C)=O)c(O)cc3n(CCCN(C)C)c2cc1O.CC(=O)c1ccc2c(c1)c1cc(C(C)=O)ccc1n2CCC1CCCN1C.CC(C)C(=O)c1ccc2c(c1)c1cc(C(=O)C(C)C)ccc1n2CCCN(C)C.Cl. The van der Waals surface area contributed by atoms with Crippen LogP contribution in [0.5, 0.6) is 17.2 Å². The molecule has 1 atom stereocenters. The molecule has 0 spiro atoms. The molecular formula is C120H149ClN10O11. The van der Waals surface area contributed by atoms with Gasteiger partial charge >= 0.3 is 0 Å². The van der Waals surface area contributed by atoms with E-state index < -0.39 is 0 Å². The zero-order valence-electron chi connectivity index (χ0n) is 84.5. The number of likely N-dealkylation sites (tertiary alicyclic amines) is 1. The van der Waals surface area contributed by atoms with Gasteiger partial charge < -0.3 is 62.7 Å². The molecule has 142 heavy (non-hydrogen) atoms. The second-order valence-corrected chi connectivity index (χ2v) is 39.8. The van der Waals surface area contributed by atoms with Crippen LogP contribution < -0.4 is 0 Å². The molecule has 1 fully saturated rings. The number of phenols is 3. The summed E-state index contributed by atoms with van der Waals surface area (Å²) in [6, 6.07) is 47.8. The van der Waals surface area contributed by atoms with Crippen molar-refractivity contribution < 1.29 is 53.7 Å². The maximum absolute atomic E-state index is 12.6. The number of carbonyl (C=O) groups is 8. The van der Waals surface area contributed by atoms with E-state index in [2.05, 4.69) is 166 Å². The van der Waals surface area contributed by atoms with Crippen LogP contribution in [0, 0.1) is 11.8 Å². The highest BCUT2D eigenvalue weighted by atomic mass is 35.5. The van der Waals surface area contributed by atoms with Crippen molar-refractivity contribution in [3.05, 3.63) is 231 Å². The van der Waals surface area contributed by atoms with E-state index in [9.17, 15) is 53.7 Å². The molecule has 15 aromatic rings. The van der Waals surface area contributed by atoms with Gasteiger partial charge in [0.2, 0.25) is 0 Å². The first-order valence-corrected chi connectivity index (χ1v) is 49.3. The quantitative estimate of drug-likeness (QED) is 0.0369. The number of allylic oxidation sites excluding steroid dienone is 2. The maximum Gasteiger partial charge on any atom is 0.165 e. The minimum Gasteiger partial charge on any atom is -0.507 e. The molecule has 1 saturated heterocycles. The predicted molar refractivity (Wildman–Crippen MR) is 593 cm³/mol. The van der Waals surface area contributed by atoms with Crippen LogP contribution in [0.15, 0.2) is 159 Å². The first kappa shape index (κ1) is 110. The van der Waals surface area contributed by atoms with Gasteiger partial charge in [0, 0.05) is 202 Å². The minimum absolute atomic E-state index is 0. The van der Waals surface area contributed by atoms with E-state index in [4.69, 9.17) is 0 Å². The number of rotatable bonds is 29. The smallest absolute Gasteiger partial charge is 0.165 e. The third-order valence-electron chi connectivity index (χ3n) is 28.9. The Balaban J connectivity index is 0.000000168. The van der Waals surface area contributed by atoms with Crippen molar-refractivity contribution in [1.82, 2.24) is 47.3 Å². The fourth-order valence-electron chi connectivity index (χ4n) is 21.5. The van der Waals surface area contributed by atoms with Crippen molar-refractivity contribution in [3.8, 4) is 17.2 Å². The lowest BCUT2D eigenvalue weighted by Gasteiger charge is -2.20. The molecule has 6 heterocycles. The Hall–Kier alpha value is -12.5. The molecule has 0 bridgehead atoms.